The van der Waals surface area contributed by atoms with E-state index < -0.39 is 0 Å². The zero-order valence-electron chi connectivity index (χ0n) is 12.4. The van der Waals surface area contributed by atoms with E-state index in [1.807, 2.05) is 24.0 Å². The molecule has 0 spiro atoms. The SMILES string of the molecule is CCC(CC)n1ccc(CN(C)CCC(=O)OC)n1. The fraction of sp³-hybridized carbons (Fsp3) is 0.714. The van der Waals surface area contributed by atoms with Crippen molar-refractivity contribution in [3.05, 3.63) is 18.0 Å². The summed E-state index contributed by atoms with van der Waals surface area (Å²) < 4.78 is 6.68. The lowest BCUT2D eigenvalue weighted by Gasteiger charge is -2.15. The molecule has 0 bridgehead atoms. The van der Waals surface area contributed by atoms with Crippen LogP contribution in [0.1, 0.15) is 44.8 Å². The average Bonchev–Trinajstić information content (AvgIpc) is 2.85. The molecule has 1 aromatic heterocycles. The molecule has 0 fully saturated rings. The van der Waals surface area contributed by atoms with E-state index in [1.54, 1.807) is 0 Å². The summed E-state index contributed by atoms with van der Waals surface area (Å²) in [5.41, 5.74) is 1.04. The predicted octanol–water partition coefficient (Wildman–Crippen LogP) is 2.24. The molecule has 0 radical (unpaired) electrons. The molecule has 0 aliphatic carbocycles. The summed E-state index contributed by atoms with van der Waals surface area (Å²) in [4.78, 5) is 13.2. The maximum atomic E-state index is 11.1. The minimum Gasteiger partial charge on any atom is -0.469 e. The summed E-state index contributed by atoms with van der Waals surface area (Å²) in [7, 11) is 3.40. The Balaban J connectivity index is 2.46. The van der Waals surface area contributed by atoms with Crippen LogP contribution in [0.3, 0.4) is 0 Å². The Labute approximate surface area is 115 Å². The van der Waals surface area contributed by atoms with Crippen LogP contribution in [0.4, 0.5) is 0 Å². The van der Waals surface area contributed by atoms with E-state index in [0.29, 0.717) is 19.0 Å². The van der Waals surface area contributed by atoms with Gasteiger partial charge in [0.2, 0.25) is 0 Å². The summed E-state index contributed by atoms with van der Waals surface area (Å²) in [6.07, 6.45) is 4.65. The molecule has 0 saturated carbocycles. The molecule has 1 heterocycles. The van der Waals surface area contributed by atoms with Crippen LogP contribution in [0.15, 0.2) is 12.3 Å². The van der Waals surface area contributed by atoms with Gasteiger partial charge in [-0.1, -0.05) is 13.8 Å². The van der Waals surface area contributed by atoms with Gasteiger partial charge in [-0.2, -0.15) is 5.10 Å². The standard InChI is InChI=1S/C14H25N3O2/c1-5-13(6-2)17-10-7-12(15-17)11-16(3)9-8-14(18)19-4/h7,10,13H,5-6,8-9,11H2,1-4H3. The van der Waals surface area contributed by atoms with Gasteiger partial charge < -0.3 is 4.74 Å². The van der Waals surface area contributed by atoms with Crippen LogP contribution in [0.25, 0.3) is 0 Å². The number of carbonyl (C=O) groups is 1. The van der Waals surface area contributed by atoms with Crippen LogP contribution in [-0.2, 0) is 16.1 Å². The van der Waals surface area contributed by atoms with Gasteiger partial charge in [0.25, 0.3) is 0 Å². The van der Waals surface area contributed by atoms with E-state index in [0.717, 1.165) is 25.1 Å². The molecule has 0 unspecified atom stereocenters. The minimum atomic E-state index is -0.172. The van der Waals surface area contributed by atoms with E-state index in [-0.39, 0.29) is 5.97 Å². The molecule has 1 rings (SSSR count). The first-order chi connectivity index (χ1) is 9.10. The highest BCUT2D eigenvalue weighted by Gasteiger charge is 2.10. The van der Waals surface area contributed by atoms with Crippen LogP contribution in [0, 0.1) is 0 Å². The smallest absolute Gasteiger partial charge is 0.306 e. The molecule has 19 heavy (non-hydrogen) atoms. The summed E-state index contributed by atoms with van der Waals surface area (Å²) in [5, 5.41) is 4.60. The molecular formula is C14H25N3O2. The molecule has 0 aliphatic rings. The Kier molecular flexibility index (Phi) is 6.56. The third-order valence-corrected chi connectivity index (χ3v) is 3.34. The van der Waals surface area contributed by atoms with Gasteiger partial charge in [-0.05, 0) is 26.0 Å². The number of nitrogens with zero attached hydrogens (tertiary/aromatic N) is 3. The summed E-state index contributed by atoms with van der Waals surface area (Å²) in [5.74, 6) is -0.172. The zero-order valence-corrected chi connectivity index (χ0v) is 12.4. The maximum Gasteiger partial charge on any atom is 0.306 e. The van der Waals surface area contributed by atoms with Crippen molar-refractivity contribution in [2.75, 3.05) is 20.7 Å². The van der Waals surface area contributed by atoms with Gasteiger partial charge in [0, 0.05) is 19.3 Å². The lowest BCUT2D eigenvalue weighted by molar-refractivity contribution is -0.140. The molecule has 0 saturated heterocycles. The number of aromatic nitrogens is 2. The van der Waals surface area contributed by atoms with Gasteiger partial charge in [0.1, 0.15) is 0 Å². The number of esters is 1. The first kappa shape index (κ1) is 15.7. The highest BCUT2D eigenvalue weighted by molar-refractivity contribution is 5.69. The van der Waals surface area contributed by atoms with Gasteiger partial charge in [-0.25, -0.2) is 0 Å². The fourth-order valence-electron chi connectivity index (χ4n) is 2.07. The summed E-state index contributed by atoms with van der Waals surface area (Å²) >= 11 is 0. The summed E-state index contributed by atoms with van der Waals surface area (Å²) in [6, 6.07) is 2.53. The zero-order chi connectivity index (χ0) is 14.3. The molecule has 0 aromatic carbocycles. The molecule has 0 N–H and O–H groups in total. The van der Waals surface area contributed by atoms with Crippen molar-refractivity contribution < 1.29 is 9.53 Å². The highest BCUT2D eigenvalue weighted by Crippen LogP contribution is 2.14. The number of ether oxygens (including phenoxy) is 1. The largest absolute Gasteiger partial charge is 0.469 e. The van der Waals surface area contributed by atoms with Crippen LogP contribution in [-0.4, -0.2) is 41.4 Å². The van der Waals surface area contributed by atoms with Gasteiger partial charge in [-0.15, -0.1) is 0 Å². The topological polar surface area (TPSA) is 47.4 Å². The van der Waals surface area contributed by atoms with Crippen LogP contribution in [0.5, 0.6) is 0 Å². The van der Waals surface area contributed by atoms with Crippen LogP contribution < -0.4 is 0 Å². The predicted molar refractivity (Wildman–Crippen MR) is 74.8 cm³/mol. The Hall–Kier alpha value is -1.36. The van der Waals surface area contributed by atoms with Gasteiger partial charge >= 0.3 is 5.97 Å². The molecule has 5 heteroatoms. The Bertz CT molecular complexity index is 386. The number of hydrogen-bond donors (Lipinski definition) is 0. The number of carbonyl (C=O) groups excluding carboxylic acids is 1. The molecule has 1 aromatic rings. The van der Waals surface area contributed by atoms with Gasteiger partial charge in [0.05, 0.1) is 25.3 Å². The third kappa shape index (κ3) is 5.03. The van der Waals surface area contributed by atoms with Crippen molar-refractivity contribution in [3.63, 3.8) is 0 Å². The lowest BCUT2D eigenvalue weighted by atomic mass is 10.2. The van der Waals surface area contributed by atoms with Crippen LogP contribution in [0.2, 0.25) is 0 Å². The number of rotatable bonds is 8. The highest BCUT2D eigenvalue weighted by atomic mass is 16.5. The molecule has 108 valence electrons. The van der Waals surface area contributed by atoms with Crippen molar-refractivity contribution >= 4 is 5.97 Å². The monoisotopic (exact) mass is 267 g/mol. The Morgan fingerprint density at radius 2 is 2.16 bits per heavy atom. The van der Waals surface area contributed by atoms with Crippen molar-refractivity contribution in [1.29, 1.82) is 0 Å². The second-order valence-electron chi connectivity index (χ2n) is 4.82. The van der Waals surface area contributed by atoms with E-state index in [9.17, 15) is 4.79 Å². The molecule has 0 aliphatic heterocycles. The minimum absolute atomic E-state index is 0.172. The Morgan fingerprint density at radius 1 is 1.47 bits per heavy atom. The normalized spacial score (nSPS) is 11.3. The van der Waals surface area contributed by atoms with Gasteiger partial charge in [-0.3, -0.25) is 14.4 Å². The molecular weight excluding hydrogens is 242 g/mol. The van der Waals surface area contributed by atoms with E-state index in [1.165, 1.54) is 7.11 Å². The van der Waals surface area contributed by atoms with E-state index >= 15 is 0 Å². The average molecular weight is 267 g/mol. The quantitative estimate of drug-likeness (QED) is 0.678. The van der Waals surface area contributed by atoms with Crippen molar-refractivity contribution in [1.82, 2.24) is 14.7 Å². The number of methoxy groups -OCH3 is 1. The Morgan fingerprint density at radius 3 is 2.74 bits per heavy atom. The van der Waals surface area contributed by atoms with Crippen molar-refractivity contribution in [3.8, 4) is 0 Å². The molecule has 0 atom stereocenters. The third-order valence-electron chi connectivity index (χ3n) is 3.34. The molecule has 5 nitrogen and oxygen atoms in total. The van der Waals surface area contributed by atoms with Gasteiger partial charge in [0.15, 0.2) is 0 Å². The van der Waals surface area contributed by atoms with Crippen LogP contribution >= 0.6 is 0 Å². The number of hydrogen-bond acceptors (Lipinski definition) is 4. The second-order valence-corrected chi connectivity index (χ2v) is 4.82. The maximum absolute atomic E-state index is 11.1. The van der Waals surface area contributed by atoms with Crippen molar-refractivity contribution in [2.45, 2.75) is 45.7 Å². The first-order valence-electron chi connectivity index (χ1n) is 6.90. The van der Waals surface area contributed by atoms with E-state index in [4.69, 9.17) is 0 Å². The lowest BCUT2D eigenvalue weighted by Crippen LogP contribution is -2.22. The first-order valence-corrected chi connectivity index (χ1v) is 6.90. The summed E-state index contributed by atoms with van der Waals surface area (Å²) in [6.45, 7) is 5.80. The second kappa shape index (κ2) is 7.94. The van der Waals surface area contributed by atoms with Crippen molar-refractivity contribution in [2.24, 2.45) is 0 Å². The fourth-order valence-corrected chi connectivity index (χ4v) is 2.07. The van der Waals surface area contributed by atoms with E-state index in [2.05, 4.69) is 28.6 Å². The molecule has 0 amide bonds.